The Morgan fingerprint density at radius 1 is 1.11 bits per heavy atom. The van der Waals surface area contributed by atoms with Crippen LogP contribution in [0, 0.1) is 12.8 Å². The van der Waals surface area contributed by atoms with Crippen molar-refractivity contribution in [3.8, 4) is 5.75 Å². The Bertz CT molecular complexity index is 1040. The number of aryl methyl sites for hydroxylation is 1. The molecule has 1 fully saturated rings. The number of benzene rings is 2. The van der Waals surface area contributed by atoms with Crippen LogP contribution in [0.3, 0.4) is 0 Å². The second-order valence-electron chi connectivity index (χ2n) is 6.99. The third-order valence-corrected chi connectivity index (χ3v) is 5.92. The Kier molecular flexibility index (Phi) is 7.28. The Hall–Kier alpha value is -1.44. The first-order chi connectivity index (χ1) is 12.7. The van der Waals surface area contributed by atoms with Crippen LogP contribution in [0.15, 0.2) is 52.9 Å². The summed E-state index contributed by atoms with van der Waals surface area (Å²) in [6.45, 7) is 3.76. The number of phenolic OH excluding ortho intramolecular Hbond substituents is 1. The molecule has 0 amide bonds. The van der Waals surface area contributed by atoms with Gasteiger partial charge in [0.05, 0.1) is 4.90 Å². The van der Waals surface area contributed by atoms with E-state index < -0.39 is 10.1 Å². The van der Waals surface area contributed by atoms with Crippen LogP contribution < -0.4 is 29.6 Å². The molecule has 3 rings (SSSR count). The molecular weight excluding hydrogens is 387 g/mol. The maximum absolute atomic E-state index is 11.9. The monoisotopic (exact) mass is 408 g/mol. The summed E-state index contributed by atoms with van der Waals surface area (Å²) in [6.07, 6.45) is 1.30. The third-order valence-electron chi connectivity index (χ3n) is 5.03. The van der Waals surface area contributed by atoms with Gasteiger partial charge in [-0.05, 0) is 59.7 Å². The summed E-state index contributed by atoms with van der Waals surface area (Å²) >= 11 is 0. The number of allylic oxidation sites excluding steroid dienone is 1. The molecule has 0 saturated heterocycles. The maximum atomic E-state index is 11.9. The largest absolute Gasteiger partial charge is 1.00 e. The van der Waals surface area contributed by atoms with E-state index in [0.717, 1.165) is 16.7 Å². The van der Waals surface area contributed by atoms with Crippen molar-refractivity contribution in [1.29, 1.82) is 0 Å². The van der Waals surface area contributed by atoms with E-state index in [4.69, 9.17) is 0 Å². The number of hydrogen-bond acceptors (Lipinski definition) is 5. The summed E-state index contributed by atoms with van der Waals surface area (Å²) in [7, 11) is -4.67. The zero-order chi connectivity index (χ0) is 19.8. The average Bonchev–Trinajstić information content (AvgIpc) is 2.58. The molecule has 0 heterocycles. The first-order valence-corrected chi connectivity index (χ1v) is 10.2. The Labute approximate surface area is 187 Å². The summed E-state index contributed by atoms with van der Waals surface area (Å²) in [5.41, 5.74) is 3.49. The van der Waals surface area contributed by atoms with Gasteiger partial charge in [0, 0.05) is 12.8 Å². The molecule has 1 aliphatic rings. The smallest absolute Gasteiger partial charge is 0.744 e. The Morgan fingerprint density at radius 3 is 2.39 bits per heavy atom. The van der Waals surface area contributed by atoms with Gasteiger partial charge in [-0.3, -0.25) is 4.79 Å². The van der Waals surface area contributed by atoms with Crippen molar-refractivity contribution in [2.45, 2.75) is 38.0 Å². The van der Waals surface area contributed by atoms with Gasteiger partial charge in [0.25, 0.3) is 0 Å². The molecule has 0 aromatic heterocycles. The van der Waals surface area contributed by atoms with Gasteiger partial charge in [0.1, 0.15) is 21.7 Å². The van der Waals surface area contributed by atoms with E-state index in [1.54, 1.807) is 24.3 Å². The summed E-state index contributed by atoms with van der Waals surface area (Å²) in [6, 6.07) is 11.0. The van der Waals surface area contributed by atoms with Gasteiger partial charge in [-0.15, -0.1) is 0 Å². The molecule has 0 spiro atoms. The summed E-state index contributed by atoms with van der Waals surface area (Å²) < 4.78 is 35.6. The minimum absolute atomic E-state index is 0. The molecule has 2 aromatic carbocycles. The molecular formula is C21H21NaO5S. The molecule has 1 unspecified atom stereocenters. The molecule has 1 saturated carbocycles. The molecule has 142 valence electrons. The van der Waals surface area contributed by atoms with Crippen molar-refractivity contribution in [2.75, 3.05) is 0 Å². The quantitative estimate of drug-likeness (QED) is 0.599. The van der Waals surface area contributed by atoms with Crippen molar-refractivity contribution in [3.63, 3.8) is 0 Å². The molecule has 5 nitrogen and oxygen atoms in total. The molecule has 0 aliphatic heterocycles. The number of carbonyl (C=O) groups excluding carboxylic acids is 1. The number of ketones is 1. The minimum atomic E-state index is -4.67. The van der Waals surface area contributed by atoms with Crippen molar-refractivity contribution >= 4 is 21.5 Å². The van der Waals surface area contributed by atoms with E-state index in [1.807, 2.05) is 13.8 Å². The van der Waals surface area contributed by atoms with Crippen LogP contribution in [0.5, 0.6) is 5.75 Å². The average molecular weight is 408 g/mol. The number of Topliss-reactive ketones (excluding diaryl/α,β-unsaturated/α-hetero) is 1. The predicted molar refractivity (Wildman–Crippen MR) is 101 cm³/mol. The van der Waals surface area contributed by atoms with Gasteiger partial charge in [-0.25, -0.2) is 8.42 Å². The fourth-order valence-electron chi connectivity index (χ4n) is 3.77. The summed E-state index contributed by atoms with van der Waals surface area (Å²) in [5, 5.41) is 9.76. The normalized spacial score (nSPS) is 19.1. The van der Waals surface area contributed by atoms with Gasteiger partial charge in [-0.1, -0.05) is 36.8 Å². The van der Waals surface area contributed by atoms with Gasteiger partial charge in [0.2, 0.25) is 0 Å². The zero-order valence-electron chi connectivity index (χ0n) is 16.2. The molecule has 7 heteroatoms. The van der Waals surface area contributed by atoms with Crippen LogP contribution in [0.4, 0.5) is 0 Å². The predicted octanol–water partition coefficient (Wildman–Crippen LogP) is 0.800. The second-order valence-corrected chi connectivity index (χ2v) is 8.34. The molecule has 1 N–H and O–H groups in total. The van der Waals surface area contributed by atoms with E-state index in [0.29, 0.717) is 30.4 Å². The molecule has 2 aromatic rings. The van der Waals surface area contributed by atoms with Crippen LogP contribution in [-0.4, -0.2) is 23.9 Å². The number of phenols is 1. The van der Waals surface area contributed by atoms with E-state index in [-0.39, 0.29) is 51.9 Å². The van der Waals surface area contributed by atoms with Crippen LogP contribution >= 0.6 is 0 Å². The van der Waals surface area contributed by atoms with Crippen molar-refractivity contribution < 1.29 is 52.4 Å². The van der Waals surface area contributed by atoms with E-state index in [1.165, 1.54) is 18.2 Å². The molecule has 1 atom stereocenters. The Morgan fingerprint density at radius 2 is 1.79 bits per heavy atom. The van der Waals surface area contributed by atoms with E-state index in [2.05, 4.69) is 0 Å². The van der Waals surface area contributed by atoms with Gasteiger partial charge in [0.15, 0.2) is 0 Å². The summed E-state index contributed by atoms with van der Waals surface area (Å²) in [4.78, 5) is 11.6. The first-order valence-electron chi connectivity index (χ1n) is 8.78. The van der Waals surface area contributed by atoms with Gasteiger partial charge in [-0.2, -0.15) is 0 Å². The number of rotatable bonds is 3. The van der Waals surface area contributed by atoms with Gasteiger partial charge < -0.3 is 9.66 Å². The fourth-order valence-corrected chi connectivity index (χ4v) is 4.45. The number of carbonyl (C=O) groups is 1. The molecule has 28 heavy (non-hydrogen) atoms. The van der Waals surface area contributed by atoms with E-state index in [9.17, 15) is 22.9 Å². The van der Waals surface area contributed by atoms with Crippen LogP contribution in [0.2, 0.25) is 0 Å². The van der Waals surface area contributed by atoms with Crippen LogP contribution in [0.1, 0.15) is 42.9 Å². The second kappa shape index (κ2) is 8.93. The Balaban J connectivity index is 0.00000280. The van der Waals surface area contributed by atoms with Gasteiger partial charge >= 0.3 is 29.6 Å². The van der Waals surface area contributed by atoms with Crippen molar-refractivity contribution in [2.24, 2.45) is 5.92 Å². The topological polar surface area (TPSA) is 94.5 Å². The van der Waals surface area contributed by atoms with Crippen molar-refractivity contribution in [1.82, 2.24) is 0 Å². The number of hydrogen-bond donors (Lipinski definition) is 1. The maximum Gasteiger partial charge on any atom is 1.00 e. The molecule has 0 bridgehead atoms. The van der Waals surface area contributed by atoms with Crippen molar-refractivity contribution in [3.05, 3.63) is 64.7 Å². The minimum Gasteiger partial charge on any atom is -0.744 e. The zero-order valence-corrected chi connectivity index (χ0v) is 19.0. The third kappa shape index (κ3) is 4.75. The molecule has 0 radical (unpaired) electrons. The summed E-state index contributed by atoms with van der Waals surface area (Å²) in [5.74, 6) is 0.229. The fraction of sp³-hybridized carbons (Fsp3) is 0.286. The standard InChI is InChI=1S/C21H22O5S.Na/c1-13-11-15(22)7-9-17(13)21(18-10-8-16(23)12-14(18)2)19-5-3-4-6-20(19)27(24,25)26;/h3-7,9,11,14,22H,8,10,12H2,1-2H3,(H,24,25,26);/q;+1/p-1. The first kappa shape index (κ1) is 22.8. The number of aromatic hydroxyl groups is 1. The van der Waals surface area contributed by atoms with E-state index >= 15 is 0 Å². The SMILES string of the molecule is Cc1cc(O)ccc1C(=C1CCC(=O)CC1C)c1ccccc1S(=O)(=O)[O-].[Na+]. The van der Waals surface area contributed by atoms with Crippen LogP contribution in [0.25, 0.3) is 5.57 Å². The molecule has 1 aliphatic carbocycles. The van der Waals surface area contributed by atoms with Crippen LogP contribution in [-0.2, 0) is 14.9 Å².